The Hall–Kier alpha value is -0.300. The Balaban J connectivity index is 1.87. The highest BCUT2D eigenvalue weighted by Crippen LogP contribution is 2.31. The van der Waals surface area contributed by atoms with Gasteiger partial charge in [-0.1, -0.05) is 12.2 Å². The van der Waals surface area contributed by atoms with Gasteiger partial charge in [-0.2, -0.15) is 0 Å². The Morgan fingerprint density at radius 3 is 2.92 bits per heavy atom. The molecule has 0 aromatic heterocycles. The average Bonchev–Trinajstić information content (AvgIpc) is 2.48. The summed E-state index contributed by atoms with van der Waals surface area (Å²) in [4.78, 5) is 0. The van der Waals surface area contributed by atoms with Crippen molar-refractivity contribution in [1.82, 2.24) is 5.32 Å². The zero-order valence-electron chi connectivity index (χ0n) is 7.76. The van der Waals surface area contributed by atoms with Gasteiger partial charge in [0.15, 0.2) is 0 Å². The highest BCUT2D eigenvalue weighted by Gasteiger charge is 2.21. The van der Waals surface area contributed by atoms with Gasteiger partial charge in [0.25, 0.3) is 0 Å². The molecule has 1 heterocycles. The second-order valence-electron chi connectivity index (χ2n) is 4.11. The van der Waals surface area contributed by atoms with Crippen molar-refractivity contribution in [3.8, 4) is 0 Å². The lowest BCUT2D eigenvalue weighted by atomic mass is 9.86. The Kier molecular flexibility index (Phi) is 2.83. The maximum atomic E-state index is 3.48. The zero-order valence-corrected chi connectivity index (χ0v) is 7.76. The predicted octanol–water partition coefficient (Wildman–Crippen LogP) is 2.34. The van der Waals surface area contributed by atoms with Crippen LogP contribution in [-0.4, -0.2) is 13.1 Å². The molecule has 0 bridgehead atoms. The van der Waals surface area contributed by atoms with E-state index in [-0.39, 0.29) is 0 Å². The van der Waals surface area contributed by atoms with E-state index in [9.17, 15) is 0 Å². The summed E-state index contributed by atoms with van der Waals surface area (Å²) in [7, 11) is 0. The largest absolute Gasteiger partial charge is 0.317 e. The minimum absolute atomic E-state index is 0.921. The molecular weight excluding hydrogens is 146 g/mol. The van der Waals surface area contributed by atoms with E-state index in [1.54, 1.807) is 0 Å². The fourth-order valence-electron chi connectivity index (χ4n) is 2.52. The summed E-state index contributed by atoms with van der Waals surface area (Å²) in [5.41, 5.74) is 0. The van der Waals surface area contributed by atoms with E-state index in [2.05, 4.69) is 17.5 Å². The molecule has 0 spiro atoms. The molecule has 1 N–H and O–H groups in total. The number of nitrogens with one attached hydrogen (secondary N) is 1. The van der Waals surface area contributed by atoms with Gasteiger partial charge < -0.3 is 5.32 Å². The van der Waals surface area contributed by atoms with Gasteiger partial charge in [-0.25, -0.2) is 0 Å². The number of hydrogen-bond donors (Lipinski definition) is 1. The molecule has 2 aliphatic rings. The Morgan fingerprint density at radius 2 is 2.08 bits per heavy atom. The quantitative estimate of drug-likeness (QED) is 0.588. The van der Waals surface area contributed by atoms with Crippen molar-refractivity contribution in [3.63, 3.8) is 0 Å². The SMILES string of the molecule is C1=CC(C2CCCNCC2)CC1. The first kappa shape index (κ1) is 8.31. The standard InChI is InChI=1S/C11H19N/c1-2-5-10(4-1)11-6-3-8-12-9-7-11/h1,4,10-12H,2-3,5-9H2. The van der Waals surface area contributed by atoms with Crippen LogP contribution < -0.4 is 5.32 Å². The number of allylic oxidation sites excluding steroid dienone is 2. The van der Waals surface area contributed by atoms with E-state index in [4.69, 9.17) is 0 Å². The fourth-order valence-corrected chi connectivity index (χ4v) is 2.52. The summed E-state index contributed by atoms with van der Waals surface area (Å²) < 4.78 is 0. The minimum atomic E-state index is 0.921. The molecule has 0 amide bonds. The third kappa shape index (κ3) is 1.89. The van der Waals surface area contributed by atoms with Crippen molar-refractivity contribution in [3.05, 3.63) is 12.2 Å². The molecule has 1 aliphatic heterocycles. The van der Waals surface area contributed by atoms with Gasteiger partial charge in [-0.05, 0) is 57.0 Å². The summed E-state index contributed by atoms with van der Waals surface area (Å²) >= 11 is 0. The summed E-state index contributed by atoms with van der Waals surface area (Å²) in [6, 6.07) is 0. The van der Waals surface area contributed by atoms with Crippen molar-refractivity contribution in [2.45, 2.75) is 32.1 Å². The van der Waals surface area contributed by atoms with Crippen molar-refractivity contribution in [2.75, 3.05) is 13.1 Å². The normalized spacial score (nSPS) is 36.7. The molecule has 2 unspecified atom stereocenters. The van der Waals surface area contributed by atoms with Gasteiger partial charge >= 0.3 is 0 Å². The Labute approximate surface area is 75.2 Å². The molecular formula is C11H19N. The first-order chi connectivity index (χ1) is 5.97. The molecule has 12 heavy (non-hydrogen) atoms. The zero-order chi connectivity index (χ0) is 8.23. The Bertz CT molecular complexity index is 154. The van der Waals surface area contributed by atoms with Crippen LogP contribution in [0.2, 0.25) is 0 Å². The molecule has 1 fully saturated rings. The lowest BCUT2D eigenvalue weighted by Crippen LogP contribution is -2.16. The fraction of sp³-hybridized carbons (Fsp3) is 0.818. The lowest BCUT2D eigenvalue weighted by molar-refractivity contribution is 0.355. The molecule has 1 heteroatoms. The second kappa shape index (κ2) is 4.08. The summed E-state index contributed by atoms with van der Waals surface area (Å²) in [6.45, 7) is 2.49. The Morgan fingerprint density at radius 1 is 1.08 bits per heavy atom. The summed E-state index contributed by atoms with van der Waals surface area (Å²) in [5.74, 6) is 1.91. The maximum absolute atomic E-state index is 3.48. The molecule has 1 nitrogen and oxygen atoms in total. The molecule has 0 aromatic rings. The van der Waals surface area contributed by atoms with Crippen molar-refractivity contribution >= 4 is 0 Å². The van der Waals surface area contributed by atoms with Crippen LogP contribution in [0.15, 0.2) is 12.2 Å². The molecule has 2 atom stereocenters. The molecule has 0 radical (unpaired) electrons. The van der Waals surface area contributed by atoms with E-state index >= 15 is 0 Å². The van der Waals surface area contributed by atoms with E-state index in [0.717, 1.165) is 11.8 Å². The molecule has 2 rings (SSSR count). The first-order valence-corrected chi connectivity index (χ1v) is 5.34. The van der Waals surface area contributed by atoms with Gasteiger partial charge in [-0.15, -0.1) is 0 Å². The molecule has 68 valence electrons. The van der Waals surface area contributed by atoms with Crippen molar-refractivity contribution in [1.29, 1.82) is 0 Å². The van der Waals surface area contributed by atoms with Gasteiger partial charge in [-0.3, -0.25) is 0 Å². The van der Waals surface area contributed by atoms with Crippen LogP contribution in [0.25, 0.3) is 0 Å². The van der Waals surface area contributed by atoms with Crippen LogP contribution in [0.3, 0.4) is 0 Å². The second-order valence-corrected chi connectivity index (χ2v) is 4.11. The summed E-state index contributed by atoms with van der Waals surface area (Å²) in [6.07, 6.45) is 11.8. The van der Waals surface area contributed by atoms with Gasteiger partial charge in [0.1, 0.15) is 0 Å². The smallest absolute Gasteiger partial charge is 0.00461 e. The van der Waals surface area contributed by atoms with E-state index in [1.165, 1.54) is 45.2 Å². The minimum Gasteiger partial charge on any atom is -0.317 e. The van der Waals surface area contributed by atoms with Crippen LogP contribution in [0.5, 0.6) is 0 Å². The number of hydrogen-bond acceptors (Lipinski definition) is 1. The third-order valence-electron chi connectivity index (χ3n) is 3.28. The monoisotopic (exact) mass is 165 g/mol. The lowest BCUT2D eigenvalue weighted by Gasteiger charge is -2.19. The average molecular weight is 165 g/mol. The molecule has 1 saturated heterocycles. The van der Waals surface area contributed by atoms with Gasteiger partial charge in [0.05, 0.1) is 0 Å². The van der Waals surface area contributed by atoms with Gasteiger partial charge in [0, 0.05) is 0 Å². The summed E-state index contributed by atoms with van der Waals surface area (Å²) in [5, 5.41) is 3.48. The van der Waals surface area contributed by atoms with Gasteiger partial charge in [0.2, 0.25) is 0 Å². The highest BCUT2D eigenvalue weighted by atomic mass is 14.8. The van der Waals surface area contributed by atoms with Crippen LogP contribution >= 0.6 is 0 Å². The van der Waals surface area contributed by atoms with Crippen LogP contribution in [0.4, 0.5) is 0 Å². The maximum Gasteiger partial charge on any atom is -0.00461 e. The number of rotatable bonds is 1. The topological polar surface area (TPSA) is 12.0 Å². The van der Waals surface area contributed by atoms with Crippen molar-refractivity contribution in [2.24, 2.45) is 11.8 Å². The molecule has 1 aliphatic carbocycles. The first-order valence-electron chi connectivity index (χ1n) is 5.34. The van der Waals surface area contributed by atoms with Crippen LogP contribution in [0.1, 0.15) is 32.1 Å². The van der Waals surface area contributed by atoms with Crippen LogP contribution in [-0.2, 0) is 0 Å². The predicted molar refractivity (Wildman–Crippen MR) is 52.1 cm³/mol. The highest BCUT2D eigenvalue weighted by molar-refractivity contribution is 4.99. The van der Waals surface area contributed by atoms with E-state index in [1.807, 2.05) is 0 Å². The van der Waals surface area contributed by atoms with Crippen LogP contribution in [0, 0.1) is 11.8 Å². The van der Waals surface area contributed by atoms with Crippen molar-refractivity contribution < 1.29 is 0 Å². The molecule has 0 aromatic carbocycles. The molecule has 0 saturated carbocycles. The third-order valence-corrected chi connectivity index (χ3v) is 3.28. The van der Waals surface area contributed by atoms with E-state index < -0.39 is 0 Å². The van der Waals surface area contributed by atoms with E-state index in [0.29, 0.717) is 0 Å².